The van der Waals surface area contributed by atoms with Gasteiger partial charge in [0.1, 0.15) is 5.76 Å². The Bertz CT molecular complexity index is 345. The summed E-state index contributed by atoms with van der Waals surface area (Å²) < 4.78 is 6.42. The summed E-state index contributed by atoms with van der Waals surface area (Å²) in [5, 5.41) is 13.0. The molecule has 1 aliphatic rings. The molecular formula is C12H18BrNO2. The fourth-order valence-corrected chi connectivity index (χ4v) is 3.08. The fraction of sp³-hybridized carbons (Fsp3) is 0.667. The lowest BCUT2D eigenvalue weighted by Crippen LogP contribution is -2.47. The van der Waals surface area contributed by atoms with Crippen molar-refractivity contribution in [1.29, 1.82) is 0 Å². The van der Waals surface area contributed by atoms with Crippen molar-refractivity contribution in [2.45, 2.75) is 44.2 Å². The van der Waals surface area contributed by atoms with Gasteiger partial charge in [0.25, 0.3) is 0 Å². The van der Waals surface area contributed by atoms with Gasteiger partial charge < -0.3 is 9.52 Å². The van der Waals surface area contributed by atoms with Gasteiger partial charge in [0.05, 0.1) is 23.4 Å². The van der Waals surface area contributed by atoms with E-state index >= 15 is 0 Å². The lowest BCUT2D eigenvalue weighted by molar-refractivity contribution is 0.149. The van der Waals surface area contributed by atoms with E-state index in [-0.39, 0.29) is 18.2 Å². The summed E-state index contributed by atoms with van der Waals surface area (Å²) >= 11 is 3.46. The number of aliphatic hydroxyl groups excluding tert-OH is 1. The first kappa shape index (κ1) is 12.1. The Morgan fingerprint density at radius 2 is 2.25 bits per heavy atom. The topological polar surface area (TPSA) is 45.4 Å². The number of rotatable bonds is 4. The van der Waals surface area contributed by atoms with E-state index < -0.39 is 0 Å². The second-order valence-corrected chi connectivity index (χ2v) is 5.50. The summed E-state index contributed by atoms with van der Waals surface area (Å²) in [7, 11) is 0. The van der Waals surface area contributed by atoms with Gasteiger partial charge in [0.2, 0.25) is 0 Å². The van der Waals surface area contributed by atoms with Crippen molar-refractivity contribution in [3.05, 3.63) is 22.6 Å². The molecule has 0 radical (unpaired) electrons. The average Bonchev–Trinajstić information content (AvgIpc) is 2.87. The molecular weight excluding hydrogens is 270 g/mol. The van der Waals surface area contributed by atoms with Gasteiger partial charge in [-0.15, -0.1) is 0 Å². The first-order valence-corrected chi connectivity index (χ1v) is 6.58. The molecule has 0 aliphatic heterocycles. The van der Waals surface area contributed by atoms with E-state index in [1.54, 1.807) is 6.26 Å². The Labute approximate surface area is 104 Å². The smallest absolute Gasteiger partial charge is 0.134 e. The van der Waals surface area contributed by atoms with Crippen LogP contribution in [0.5, 0.6) is 0 Å². The average molecular weight is 288 g/mol. The monoisotopic (exact) mass is 287 g/mol. The second kappa shape index (κ2) is 4.90. The molecule has 0 spiro atoms. The van der Waals surface area contributed by atoms with E-state index in [0.717, 1.165) is 23.1 Å². The van der Waals surface area contributed by atoms with Crippen molar-refractivity contribution in [3.8, 4) is 0 Å². The van der Waals surface area contributed by atoms with Crippen molar-refractivity contribution in [2.24, 2.45) is 0 Å². The Morgan fingerprint density at radius 3 is 2.75 bits per heavy atom. The zero-order valence-electron chi connectivity index (χ0n) is 9.50. The maximum absolute atomic E-state index is 9.53. The van der Waals surface area contributed by atoms with E-state index in [9.17, 15) is 5.11 Å². The van der Waals surface area contributed by atoms with Gasteiger partial charge in [-0.25, -0.2) is 0 Å². The van der Waals surface area contributed by atoms with Crippen molar-refractivity contribution in [1.82, 2.24) is 5.32 Å². The summed E-state index contributed by atoms with van der Waals surface area (Å²) in [6.45, 7) is 2.27. The summed E-state index contributed by atoms with van der Waals surface area (Å²) in [4.78, 5) is 0. The third kappa shape index (κ3) is 2.34. The van der Waals surface area contributed by atoms with Crippen LogP contribution in [0, 0.1) is 0 Å². The largest absolute Gasteiger partial charge is 0.466 e. The normalized spacial score (nSPS) is 21.2. The number of hydrogen-bond donors (Lipinski definition) is 2. The third-order valence-corrected chi connectivity index (χ3v) is 4.08. The van der Waals surface area contributed by atoms with Crippen LogP contribution < -0.4 is 5.32 Å². The van der Waals surface area contributed by atoms with E-state index in [4.69, 9.17) is 4.42 Å². The Morgan fingerprint density at radius 1 is 1.56 bits per heavy atom. The van der Waals surface area contributed by atoms with Crippen LogP contribution in [-0.4, -0.2) is 17.3 Å². The van der Waals surface area contributed by atoms with Crippen molar-refractivity contribution in [3.63, 3.8) is 0 Å². The van der Waals surface area contributed by atoms with Crippen LogP contribution in [0.4, 0.5) is 0 Å². The van der Waals surface area contributed by atoms with Crippen molar-refractivity contribution >= 4 is 15.9 Å². The Kier molecular flexibility index (Phi) is 3.72. The lowest BCUT2D eigenvalue weighted by atomic mass is 9.97. The van der Waals surface area contributed by atoms with E-state index in [0.29, 0.717) is 0 Å². The zero-order valence-corrected chi connectivity index (χ0v) is 11.1. The highest BCUT2D eigenvalue weighted by atomic mass is 79.9. The van der Waals surface area contributed by atoms with Crippen LogP contribution in [0.1, 0.15) is 44.4 Å². The van der Waals surface area contributed by atoms with Gasteiger partial charge in [-0.1, -0.05) is 12.8 Å². The summed E-state index contributed by atoms with van der Waals surface area (Å²) in [6, 6.07) is 2.02. The molecule has 1 fully saturated rings. The van der Waals surface area contributed by atoms with Gasteiger partial charge in [-0.05, 0) is 41.8 Å². The number of nitrogens with one attached hydrogen (secondary N) is 1. The SMILES string of the molecule is CC(NC1(CO)CCCC1)c1occc1Br. The van der Waals surface area contributed by atoms with E-state index in [1.165, 1.54) is 12.8 Å². The number of halogens is 1. The fourth-order valence-electron chi connectivity index (χ4n) is 2.54. The first-order chi connectivity index (χ1) is 7.67. The molecule has 2 rings (SSSR count). The molecule has 3 nitrogen and oxygen atoms in total. The molecule has 1 atom stereocenters. The minimum atomic E-state index is -0.106. The second-order valence-electron chi connectivity index (χ2n) is 4.64. The van der Waals surface area contributed by atoms with E-state index in [2.05, 4.69) is 28.2 Å². The molecule has 1 unspecified atom stereocenters. The van der Waals surface area contributed by atoms with Crippen molar-refractivity contribution in [2.75, 3.05) is 6.61 Å². The predicted molar refractivity (Wildman–Crippen MR) is 66.2 cm³/mol. The van der Waals surface area contributed by atoms with Crippen LogP contribution in [0.15, 0.2) is 21.2 Å². The summed E-state index contributed by atoms with van der Waals surface area (Å²) in [6.07, 6.45) is 6.16. The van der Waals surface area contributed by atoms with Gasteiger partial charge >= 0.3 is 0 Å². The van der Waals surface area contributed by atoms with Crippen LogP contribution in [-0.2, 0) is 0 Å². The first-order valence-electron chi connectivity index (χ1n) is 5.78. The van der Waals surface area contributed by atoms with Gasteiger partial charge in [-0.3, -0.25) is 5.32 Å². The minimum Gasteiger partial charge on any atom is -0.466 e. The van der Waals surface area contributed by atoms with Crippen LogP contribution in [0.2, 0.25) is 0 Å². The van der Waals surface area contributed by atoms with Crippen LogP contribution >= 0.6 is 15.9 Å². The molecule has 0 aromatic carbocycles. The highest BCUT2D eigenvalue weighted by Crippen LogP contribution is 2.33. The molecule has 0 saturated heterocycles. The Hall–Kier alpha value is -0.320. The van der Waals surface area contributed by atoms with Gasteiger partial charge in [0.15, 0.2) is 0 Å². The summed E-state index contributed by atoms with van der Waals surface area (Å²) in [5.41, 5.74) is -0.106. The highest BCUT2D eigenvalue weighted by molar-refractivity contribution is 9.10. The molecule has 90 valence electrons. The standard InChI is InChI=1S/C12H18BrNO2/c1-9(11-10(13)4-7-16-11)14-12(8-15)5-2-3-6-12/h4,7,9,14-15H,2-3,5-6,8H2,1H3. The number of hydrogen-bond acceptors (Lipinski definition) is 3. The van der Waals surface area contributed by atoms with Crippen molar-refractivity contribution < 1.29 is 9.52 Å². The molecule has 0 bridgehead atoms. The minimum absolute atomic E-state index is 0.106. The molecule has 1 aromatic rings. The molecule has 0 amide bonds. The van der Waals surface area contributed by atoms with E-state index in [1.807, 2.05) is 6.07 Å². The zero-order chi connectivity index (χ0) is 11.6. The van der Waals surface area contributed by atoms with Gasteiger partial charge in [-0.2, -0.15) is 0 Å². The summed E-state index contributed by atoms with van der Waals surface area (Å²) in [5.74, 6) is 0.903. The van der Waals surface area contributed by atoms with Crippen LogP contribution in [0.3, 0.4) is 0 Å². The third-order valence-electron chi connectivity index (χ3n) is 3.42. The lowest BCUT2D eigenvalue weighted by Gasteiger charge is -2.31. The van der Waals surface area contributed by atoms with Crippen LogP contribution in [0.25, 0.3) is 0 Å². The number of furan rings is 1. The molecule has 1 saturated carbocycles. The molecule has 1 aromatic heterocycles. The molecule has 4 heteroatoms. The quantitative estimate of drug-likeness (QED) is 0.895. The number of aliphatic hydroxyl groups is 1. The highest BCUT2D eigenvalue weighted by Gasteiger charge is 2.35. The molecule has 2 N–H and O–H groups in total. The molecule has 1 aliphatic carbocycles. The molecule has 1 heterocycles. The Balaban J connectivity index is 2.06. The maximum Gasteiger partial charge on any atom is 0.134 e. The predicted octanol–water partition coefficient (Wildman–Crippen LogP) is 3.00. The molecule has 16 heavy (non-hydrogen) atoms. The van der Waals surface area contributed by atoms with Gasteiger partial charge in [0, 0.05) is 5.54 Å². The maximum atomic E-state index is 9.53.